The van der Waals surface area contributed by atoms with Crippen molar-refractivity contribution >= 4 is 64.5 Å². The Morgan fingerprint density at radius 2 is 0.928 bits per heavy atom. The first-order valence-electron chi connectivity index (χ1n) is 23.7. The number of carboxylic acids is 1. The van der Waals surface area contributed by atoms with Gasteiger partial charge in [0.2, 0.25) is 0 Å². The number of rotatable bonds is 8. The van der Waals surface area contributed by atoms with Gasteiger partial charge in [0.25, 0.3) is 17.5 Å². The zero-order valence-corrected chi connectivity index (χ0v) is 46.1. The predicted octanol–water partition coefficient (Wildman–Crippen LogP) is 7.88. The van der Waals surface area contributed by atoms with Crippen LogP contribution in [-0.4, -0.2) is 140 Å². The summed E-state index contributed by atoms with van der Waals surface area (Å²) in [5.41, 5.74) is 10.4. The van der Waals surface area contributed by atoms with E-state index in [2.05, 4.69) is 24.8 Å². The number of aromatic carboxylic acids is 1. The molecule has 2 saturated heterocycles. The molecule has 2 aliphatic heterocycles. The summed E-state index contributed by atoms with van der Waals surface area (Å²) in [5, 5.41) is 24.3. The molecule has 0 unspecified atom stereocenters. The van der Waals surface area contributed by atoms with Crippen LogP contribution in [0.5, 0.6) is 0 Å². The van der Waals surface area contributed by atoms with Crippen molar-refractivity contribution in [3.63, 3.8) is 0 Å². The Kier molecular flexibility index (Phi) is 28.6. The van der Waals surface area contributed by atoms with Gasteiger partial charge in [-0.15, -0.1) is 0 Å². The van der Waals surface area contributed by atoms with Crippen molar-refractivity contribution in [2.24, 2.45) is 0 Å². The third-order valence-electron chi connectivity index (χ3n) is 11.2. The second-order valence-electron chi connectivity index (χ2n) is 16.6. The van der Waals surface area contributed by atoms with E-state index >= 15 is 0 Å². The number of nitro groups is 1. The number of hydrogen-bond donors (Lipinski definition) is 5. The van der Waals surface area contributed by atoms with Gasteiger partial charge < -0.3 is 63.5 Å². The maximum Gasteiger partial charge on any atom is 0.340 e. The summed E-state index contributed by atoms with van der Waals surface area (Å²) in [6, 6.07) is 24.5. The van der Waals surface area contributed by atoms with Crippen LogP contribution in [-0.2, 0) is 34.6 Å². The molecule has 0 spiro atoms. The van der Waals surface area contributed by atoms with Crippen molar-refractivity contribution in [3.05, 3.63) is 207 Å². The number of carbonyl (C=O) groups excluding carboxylic acids is 6. The Morgan fingerprint density at radius 3 is 1.31 bits per heavy atom. The molecule has 6 aromatic rings. The summed E-state index contributed by atoms with van der Waals surface area (Å²) in [6.45, 7) is 4.12. The molecule has 2 aliphatic rings. The van der Waals surface area contributed by atoms with Gasteiger partial charge in [-0.25, -0.2) is 50.3 Å². The van der Waals surface area contributed by atoms with Gasteiger partial charge in [-0.05, 0) is 97.1 Å². The molecular weight excluding hydrogens is 1200 g/mol. The number of hydrogen-bond acceptors (Lipinski definition) is 15. The molecule has 8 rings (SSSR count). The van der Waals surface area contributed by atoms with Crippen LogP contribution in [0, 0.1) is 52.4 Å². The zero-order valence-electron chi connectivity index (χ0n) is 44.6. The Morgan fingerprint density at radius 1 is 0.542 bits per heavy atom. The van der Waals surface area contributed by atoms with E-state index in [1.54, 1.807) is 21.9 Å². The molecule has 83 heavy (non-hydrogen) atoms. The molecule has 6 aromatic carbocycles. The van der Waals surface area contributed by atoms with Gasteiger partial charge in [0.1, 0.15) is 34.9 Å². The number of nitrogens with two attached hydrogens (primary N) is 2. The number of methoxy groups -OCH3 is 3. The van der Waals surface area contributed by atoms with E-state index in [1.165, 1.54) is 78.7 Å². The molecule has 446 valence electrons. The van der Waals surface area contributed by atoms with Gasteiger partial charge in [-0.3, -0.25) is 19.7 Å². The average molecular weight is 1260 g/mol. The molecule has 0 aliphatic carbocycles. The number of carboxylic acid groups (broad SMARTS) is 1. The molecule has 28 heteroatoms. The van der Waals surface area contributed by atoms with E-state index in [-0.39, 0.29) is 103 Å². The number of nitro benzene ring substituents is 1. The normalized spacial score (nSPS) is 12.0. The summed E-state index contributed by atoms with van der Waals surface area (Å²) in [4.78, 5) is 94.3. The predicted molar refractivity (Wildman–Crippen MR) is 287 cm³/mol. The minimum Gasteiger partial charge on any atom is -0.478 e. The van der Waals surface area contributed by atoms with Crippen LogP contribution >= 0.6 is 0 Å². The SMILES string of the molecule is COC(=O)c1ccc(N)cc1F.COC(=O)c1ccc(NC(=O)N2CCN(C(=O)c3cccc(F)c3)CC2)cc1F.COC(=O)c1ccc([N+](=O)[O-])cc1F.Nc1ccc(C(=O)O)c(F)c1.O=C(c1cccc(F)c1)N1CCNCC1.[CH3-].[Pd]. The van der Waals surface area contributed by atoms with Crippen LogP contribution in [0.2, 0.25) is 0 Å². The van der Waals surface area contributed by atoms with Crippen LogP contribution in [0.3, 0.4) is 0 Å². The summed E-state index contributed by atoms with van der Waals surface area (Å²) >= 11 is 0. The molecule has 0 radical (unpaired) electrons. The number of anilines is 3. The fraction of sp³-hybridized carbons (Fsp3) is 0.200. The number of benzene rings is 6. The van der Waals surface area contributed by atoms with Gasteiger partial charge in [0.15, 0.2) is 0 Å². The molecule has 21 nitrogen and oxygen atoms in total. The van der Waals surface area contributed by atoms with Crippen LogP contribution in [0.15, 0.2) is 121 Å². The monoisotopic (exact) mass is 1260 g/mol. The second kappa shape index (κ2) is 34.0. The third-order valence-corrected chi connectivity index (χ3v) is 11.2. The standard InChI is InChI=1S/C20H19F2N3O4.C11H13FN2O.C8H6FNO4.C8H8FNO2.C7H6FNO2.CH3.Pd/c1-29-19(27)16-6-5-15(12-17(16)22)23-20(28)25-9-7-24(8-10-25)18(26)13-3-2-4-14(21)11-13;12-10-3-1-2-9(8-10)11(15)14-6-4-13-5-7-14;1-14-8(11)6-3-2-5(10(12)13)4-7(6)9;1-12-8(11)6-3-2-5(10)4-7(6)9;8-6-3-4(9)1-2-5(6)7(10)11;;/h2-6,11-12H,7-10H2,1H3,(H,23,28);1-3,8,13H,4-7H2;2-4H,1H3;2-4H,10H2,1H3;1-3H,9H2,(H,10,11);1H3;/q;;;;;-1;. The Labute approximate surface area is 484 Å². The van der Waals surface area contributed by atoms with Crippen molar-refractivity contribution in [1.82, 2.24) is 20.0 Å². The number of urea groups is 1. The zero-order chi connectivity index (χ0) is 59.9. The fourth-order valence-electron chi connectivity index (χ4n) is 7.06. The molecular formula is C55H55F6N8O13Pd-. The van der Waals surface area contributed by atoms with Gasteiger partial charge in [0.05, 0.1) is 54.6 Å². The number of amides is 4. The number of piperazine rings is 2. The number of nitrogens with one attached hydrogen (secondary N) is 2. The minimum absolute atomic E-state index is 0. The Hall–Kier alpha value is -9.39. The van der Waals surface area contributed by atoms with E-state index in [0.717, 1.165) is 63.7 Å². The number of ether oxygens (including phenoxy) is 3. The van der Waals surface area contributed by atoms with E-state index in [9.17, 15) is 70.0 Å². The van der Waals surface area contributed by atoms with E-state index in [0.29, 0.717) is 37.8 Å². The average Bonchev–Trinajstić information content (AvgIpc) is 3.50. The van der Waals surface area contributed by atoms with Crippen molar-refractivity contribution in [2.45, 2.75) is 0 Å². The van der Waals surface area contributed by atoms with E-state index in [1.807, 2.05) is 0 Å². The second-order valence-corrected chi connectivity index (χ2v) is 16.6. The van der Waals surface area contributed by atoms with Crippen LogP contribution < -0.4 is 22.1 Å². The molecule has 0 bridgehead atoms. The Balaban J connectivity index is 0.000000374. The smallest absolute Gasteiger partial charge is 0.340 e. The summed E-state index contributed by atoms with van der Waals surface area (Å²) < 4.78 is 91.9. The van der Waals surface area contributed by atoms with Gasteiger partial charge in [-0.1, -0.05) is 12.1 Å². The molecule has 4 amide bonds. The fourth-order valence-corrected chi connectivity index (χ4v) is 7.06. The van der Waals surface area contributed by atoms with Crippen LogP contribution in [0.4, 0.5) is 53.9 Å². The number of non-ortho nitro benzene ring substituents is 1. The maximum absolute atomic E-state index is 14.0. The number of nitrogen functional groups attached to an aromatic ring is 2. The van der Waals surface area contributed by atoms with Crippen molar-refractivity contribution in [1.29, 1.82) is 0 Å². The maximum atomic E-state index is 14.0. The first kappa shape index (κ1) is 69.7. The molecule has 2 heterocycles. The largest absolute Gasteiger partial charge is 0.478 e. The Bertz CT molecular complexity index is 3260. The molecule has 7 N–H and O–H groups in total. The first-order chi connectivity index (χ1) is 38.5. The molecule has 0 saturated carbocycles. The number of halogens is 6. The third kappa shape index (κ3) is 21.2. The van der Waals surface area contributed by atoms with Crippen LogP contribution in [0.1, 0.15) is 62.1 Å². The van der Waals surface area contributed by atoms with Gasteiger partial charge in [-0.2, -0.15) is 0 Å². The quantitative estimate of drug-likeness (QED) is 0.0141. The summed E-state index contributed by atoms with van der Waals surface area (Å²) in [5.74, 6) is -8.14. The summed E-state index contributed by atoms with van der Waals surface area (Å²) in [6.07, 6.45) is 0. The van der Waals surface area contributed by atoms with Crippen molar-refractivity contribution in [2.75, 3.05) is 90.5 Å². The number of esters is 3. The molecule has 0 aromatic heterocycles. The van der Waals surface area contributed by atoms with Crippen LogP contribution in [0.25, 0.3) is 0 Å². The van der Waals surface area contributed by atoms with E-state index in [4.69, 9.17) is 16.6 Å². The first-order valence-corrected chi connectivity index (χ1v) is 23.7. The number of nitrogens with zero attached hydrogens (tertiary/aromatic N) is 4. The minimum atomic E-state index is -1.29. The summed E-state index contributed by atoms with van der Waals surface area (Å²) in [7, 11) is 3.44. The van der Waals surface area contributed by atoms with Crippen molar-refractivity contribution in [3.8, 4) is 0 Å². The molecule has 2 fully saturated rings. The molecule has 0 atom stereocenters. The van der Waals surface area contributed by atoms with Gasteiger partial charge in [0, 0.05) is 107 Å². The number of carbonyl (C=O) groups is 7. The van der Waals surface area contributed by atoms with Crippen molar-refractivity contribution < 1.29 is 105 Å². The van der Waals surface area contributed by atoms with Gasteiger partial charge >= 0.3 is 29.9 Å². The van der Waals surface area contributed by atoms with E-state index < -0.39 is 69.6 Å². The topological polar surface area (TPSA) is 296 Å².